The van der Waals surface area contributed by atoms with Crippen molar-refractivity contribution in [3.05, 3.63) is 20.6 Å². The summed E-state index contributed by atoms with van der Waals surface area (Å²) in [5.41, 5.74) is 6.71. The van der Waals surface area contributed by atoms with E-state index < -0.39 is 0 Å². The van der Waals surface area contributed by atoms with Crippen LogP contribution in [-0.2, 0) is 26.2 Å². The van der Waals surface area contributed by atoms with E-state index in [9.17, 15) is 0 Å². The van der Waals surface area contributed by atoms with Gasteiger partial charge >= 0.3 is 26.2 Å². The van der Waals surface area contributed by atoms with E-state index in [2.05, 4.69) is 6.92 Å². The summed E-state index contributed by atoms with van der Waals surface area (Å²) in [7, 11) is 0. The molecule has 0 amide bonds. The van der Waals surface area contributed by atoms with Crippen molar-refractivity contribution in [1.82, 2.24) is 0 Å². The summed E-state index contributed by atoms with van der Waals surface area (Å²) in [5, 5.41) is 0. The fourth-order valence-corrected chi connectivity index (χ4v) is 0.375. The van der Waals surface area contributed by atoms with Crippen molar-refractivity contribution in [2.24, 2.45) is 0 Å². The third-order valence-electron chi connectivity index (χ3n) is 0.780. The van der Waals surface area contributed by atoms with Gasteiger partial charge in [-0.05, 0) is 0 Å². The predicted molar refractivity (Wildman–Crippen MR) is 41.5 cm³/mol. The molecule has 2 heteroatoms. The van der Waals surface area contributed by atoms with E-state index in [0.29, 0.717) is 6.54 Å². The molecule has 0 aliphatic rings. The van der Waals surface area contributed by atoms with Crippen molar-refractivity contribution < 1.29 is 26.2 Å². The minimum Gasteiger partial charge on any atom is -0.677 e. The summed E-state index contributed by atoms with van der Waals surface area (Å²) in [6.07, 6.45) is 3.54. The number of nitrogens with one attached hydrogen (secondary N) is 1. The van der Waals surface area contributed by atoms with Gasteiger partial charge < -0.3 is 20.6 Å². The summed E-state index contributed by atoms with van der Waals surface area (Å²) < 4.78 is 0. The van der Waals surface area contributed by atoms with Crippen LogP contribution in [0.4, 0.5) is 0 Å². The summed E-state index contributed by atoms with van der Waals surface area (Å²) >= 11 is 0. The molecule has 0 atom stereocenters. The third-order valence-corrected chi connectivity index (χ3v) is 0.780. The number of rotatable bonds is 3. The van der Waals surface area contributed by atoms with E-state index in [1.807, 2.05) is 0 Å². The molecule has 0 aromatic heterocycles. The zero-order chi connectivity index (χ0) is 4.83. The van der Waals surface area contributed by atoms with Gasteiger partial charge in [0.1, 0.15) is 0 Å². The summed E-state index contributed by atoms with van der Waals surface area (Å²) in [5.74, 6) is 0. The Labute approximate surface area is 79.5 Å². The van der Waals surface area contributed by atoms with Gasteiger partial charge in [-0.15, -0.1) is 0 Å². The third kappa shape index (κ3) is 28.0. The van der Waals surface area contributed by atoms with Crippen LogP contribution in [0, 0.1) is 14.9 Å². The van der Waals surface area contributed by atoms with Crippen LogP contribution in [0.1, 0.15) is 26.2 Å². The zero-order valence-electron chi connectivity index (χ0n) is 6.83. The predicted octanol–water partition coefficient (Wildman–Crippen LogP) is 3.13. The van der Waals surface area contributed by atoms with Gasteiger partial charge in [0.2, 0.25) is 0 Å². The van der Waals surface area contributed by atoms with Crippen molar-refractivity contribution in [1.29, 1.82) is 0 Å². The van der Waals surface area contributed by atoms with Crippen molar-refractivity contribution >= 4 is 0 Å². The van der Waals surface area contributed by atoms with E-state index in [0.717, 1.165) is 6.42 Å². The average Bonchev–Trinajstić information content (AvgIpc) is 1.61. The second-order valence-electron chi connectivity index (χ2n) is 1.46. The van der Waals surface area contributed by atoms with Crippen molar-refractivity contribution in [3.8, 4) is 0 Å². The Morgan fingerprint density at radius 3 is 1.67 bits per heavy atom. The van der Waals surface area contributed by atoms with Crippen LogP contribution in [0.5, 0.6) is 0 Å². The molecule has 0 heterocycles. The molecular formula is C7H18NZr. The minimum absolute atomic E-state index is 0. The molecule has 0 saturated carbocycles. The monoisotopic (exact) mass is 206 g/mol. The van der Waals surface area contributed by atoms with Gasteiger partial charge in [-0.25, -0.2) is 0 Å². The van der Waals surface area contributed by atoms with Gasteiger partial charge in [0.05, 0.1) is 0 Å². The molecule has 0 aromatic rings. The van der Waals surface area contributed by atoms with Crippen LogP contribution in [0.25, 0.3) is 5.73 Å². The standard InChI is InChI=1S/C5H12N.2CH3.Zr/c1-2-3-4-5-6;;;/h6H,2-5H2,1H3;2*1H3;/q3*-1;+3. The van der Waals surface area contributed by atoms with E-state index in [-0.39, 0.29) is 41.1 Å². The second kappa shape index (κ2) is 23.2. The van der Waals surface area contributed by atoms with Crippen LogP contribution in [0.2, 0.25) is 0 Å². The Bertz CT molecular complexity index is 20.9. The Morgan fingerprint density at radius 2 is 1.56 bits per heavy atom. The van der Waals surface area contributed by atoms with Crippen LogP contribution < -0.4 is 0 Å². The Balaban J connectivity index is -0.0000000417. The van der Waals surface area contributed by atoms with Gasteiger partial charge in [-0.3, -0.25) is 0 Å². The molecule has 0 bridgehead atoms. The largest absolute Gasteiger partial charge is 3.00 e. The molecular weight excluding hydrogens is 189 g/mol. The Hall–Kier alpha value is 0.843. The quantitative estimate of drug-likeness (QED) is 0.501. The summed E-state index contributed by atoms with van der Waals surface area (Å²) in [4.78, 5) is 0. The molecule has 0 aliphatic carbocycles. The molecule has 0 unspecified atom stereocenters. The van der Waals surface area contributed by atoms with E-state index >= 15 is 0 Å². The van der Waals surface area contributed by atoms with Crippen LogP contribution in [-0.4, -0.2) is 6.54 Å². The van der Waals surface area contributed by atoms with Crippen molar-refractivity contribution in [2.45, 2.75) is 26.2 Å². The Kier molecular flexibility index (Phi) is 58.1. The first kappa shape index (κ1) is 22.5. The van der Waals surface area contributed by atoms with E-state index in [1.165, 1.54) is 12.8 Å². The normalized spacial score (nSPS) is 6.00. The molecule has 1 radical (unpaired) electrons. The molecule has 9 heavy (non-hydrogen) atoms. The van der Waals surface area contributed by atoms with Crippen molar-refractivity contribution in [3.63, 3.8) is 0 Å². The number of hydrogen-bond donors (Lipinski definition) is 0. The molecule has 0 saturated heterocycles. The maximum atomic E-state index is 6.71. The number of hydrogen-bond acceptors (Lipinski definition) is 0. The second-order valence-corrected chi connectivity index (χ2v) is 1.46. The van der Waals surface area contributed by atoms with Crippen LogP contribution in [0.15, 0.2) is 0 Å². The molecule has 1 N–H and O–H groups in total. The van der Waals surface area contributed by atoms with Gasteiger partial charge in [0.15, 0.2) is 0 Å². The van der Waals surface area contributed by atoms with Gasteiger partial charge in [-0.1, -0.05) is 26.2 Å². The molecule has 0 aromatic carbocycles. The van der Waals surface area contributed by atoms with Crippen molar-refractivity contribution in [2.75, 3.05) is 6.54 Å². The van der Waals surface area contributed by atoms with Gasteiger partial charge in [0, 0.05) is 0 Å². The molecule has 1 nitrogen and oxygen atoms in total. The number of unbranched alkanes of at least 4 members (excludes halogenated alkanes) is 2. The first-order chi connectivity index (χ1) is 2.91. The average molecular weight is 207 g/mol. The van der Waals surface area contributed by atoms with Crippen LogP contribution >= 0.6 is 0 Å². The molecule has 55 valence electrons. The fraction of sp³-hybridized carbons (Fsp3) is 0.714. The topological polar surface area (TPSA) is 23.8 Å². The zero-order valence-corrected chi connectivity index (χ0v) is 9.29. The minimum atomic E-state index is 0. The SMILES string of the molecule is CCCCC[NH-].[CH3-].[CH3-].[Zr+3]. The van der Waals surface area contributed by atoms with Gasteiger partial charge in [0.25, 0.3) is 0 Å². The smallest absolute Gasteiger partial charge is 0.677 e. The van der Waals surface area contributed by atoms with Gasteiger partial charge in [-0.2, -0.15) is 6.54 Å². The maximum Gasteiger partial charge on any atom is 3.00 e. The van der Waals surface area contributed by atoms with E-state index in [1.54, 1.807) is 0 Å². The van der Waals surface area contributed by atoms with E-state index in [4.69, 9.17) is 5.73 Å². The molecule has 0 aliphatic heterocycles. The molecule has 0 fully saturated rings. The molecule has 0 rings (SSSR count). The molecule has 0 spiro atoms. The first-order valence-electron chi connectivity index (χ1n) is 2.56. The first-order valence-corrected chi connectivity index (χ1v) is 2.56. The Morgan fingerprint density at radius 1 is 1.11 bits per heavy atom. The fourth-order valence-electron chi connectivity index (χ4n) is 0.375. The van der Waals surface area contributed by atoms with Crippen LogP contribution in [0.3, 0.4) is 0 Å². The summed E-state index contributed by atoms with van der Waals surface area (Å²) in [6.45, 7) is 2.75. The summed E-state index contributed by atoms with van der Waals surface area (Å²) in [6, 6.07) is 0. The maximum absolute atomic E-state index is 6.71.